The molecule has 0 N–H and O–H groups in total. The lowest BCUT2D eigenvalue weighted by Crippen LogP contribution is -2.47. The Bertz CT molecular complexity index is 1130. The Morgan fingerprint density at radius 1 is 0.800 bits per heavy atom. The number of ether oxygens (including phenoxy) is 1. The van der Waals surface area contributed by atoms with Crippen molar-refractivity contribution in [3.8, 4) is 0 Å². The fourth-order valence-corrected chi connectivity index (χ4v) is 6.69. The van der Waals surface area contributed by atoms with E-state index in [4.69, 9.17) is 4.74 Å². The molecule has 5 rings (SSSR count). The maximum atomic E-state index is 13.6. The number of carbonyl (C=O) groups is 2. The Morgan fingerprint density at radius 3 is 2.17 bits per heavy atom. The van der Waals surface area contributed by atoms with Gasteiger partial charge in [-0.05, 0) is 54.4 Å². The number of ketones is 1. The van der Waals surface area contributed by atoms with Gasteiger partial charge in [0.25, 0.3) is 0 Å². The number of hydrogen-bond acceptors (Lipinski definition) is 4. The zero-order valence-corrected chi connectivity index (χ0v) is 20.8. The number of Topliss-reactive ketones (excluding diaryl/α,β-unsaturated/α-hetero) is 1. The van der Waals surface area contributed by atoms with Crippen molar-refractivity contribution in [1.29, 1.82) is 0 Å². The second-order valence-electron chi connectivity index (χ2n) is 9.78. The quantitative estimate of drug-likeness (QED) is 0.262. The second-order valence-corrected chi connectivity index (χ2v) is 10.9. The van der Waals surface area contributed by atoms with E-state index in [2.05, 4.69) is 30.3 Å². The highest BCUT2D eigenvalue weighted by atomic mass is 32.2. The molecule has 0 aromatic heterocycles. The SMILES string of the molecule is O=C1CC(CCc2ccccc2)(c2ccccc2)OC(=O)C1Sc1ccccc1C1CCCCC1. The lowest BCUT2D eigenvalue weighted by Gasteiger charge is -2.39. The third-order valence-corrected chi connectivity index (χ3v) is 8.75. The van der Waals surface area contributed by atoms with Gasteiger partial charge < -0.3 is 4.74 Å². The number of hydrogen-bond donors (Lipinski definition) is 0. The molecule has 0 spiro atoms. The van der Waals surface area contributed by atoms with Crippen LogP contribution in [0.2, 0.25) is 0 Å². The molecule has 4 heteroatoms. The van der Waals surface area contributed by atoms with Gasteiger partial charge >= 0.3 is 5.97 Å². The third kappa shape index (κ3) is 5.38. The fraction of sp³-hybridized carbons (Fsp3) is 0.355. The first-order valence-electron chi connectivity index (χ1n) is 12.8. The Morgan fingerprint density at radius 2 is 1.46 bits per heavy atom. The molecule has 2 aliphatic rings. The number of esters is 1. The van der Waals surface area contributed by atoms with Crippen LogP contribution in [0.3, 0.4) is 0 Å². The van der Waals surface area contributed by atoms with Crippen molar-refractivity contribution >= 4 is 23.5 Å². The van der Waals surface area contributed by atoms with Crippen LogP contribution < -0.4 is 0 Å². The molecule has 1 saturated carbocycles. The van der Waals surface area contributed by atoms with Gasteiger partial charge in [0.15, 0.2) is 11.0 Å². The Hall–Kier alpha value is -2.85. The molecule has 0 radical (unpaired) electrons. The van der Waals surface area contributed by atoms with E-state index in [1.165, 1.54) is 55.0 Å². The molecule has 1 heterocycles. The van der Waals surface area contributed by atoms with E-state index in [0.717, 1.165) is 16.9 Å². The first-order valence-corrected chi connectivity index (χ1v) is 13.6. The number of benzene rings is 3. The van der Waals surface area contributed by atoms with E-state index in [-0.39, 0.29) is 12.2 Å². The molecular formula is C31H32O3S. The van der Waals surface area contributed by atoms with Gasteiger partial charge in [-0.15, -0.1) is 11.8 Å². The molecule has 1 saturated heterocycles. The minimum absolute atomic E-state index is 0.0402. The van der Waals surface area contributed by atoms with Crippen LogP contribution in [0.5, 0.6) is 0 Å². The van der Waals surface area contributed by atoms with E-state index in [9.17, 15) is 9.59 Å². The number of carbonyl (C=O) groups excluding carboxylic acids is 2. The van der Waals surface area contributed by atoms with Crippen LogP contribution >= 0.6 is 11.8 Å². The van der Waals surface area contributed by atoms with Crippen LogP contribution in [0.15, 0.2) is 89.8 Å². The van der Waals surface area contributed by atoms with Gasteiger partial charge in [-0.2, -0.15) is 0 Å². The molecule has 180 valence electrons. The molecular weight excluding hydrogens is 452 g/mol. The maximum Gasteiger partial charge on any atom is 0.327 e. The van der Waals surface area contributed by atoms with Crippen LogP contribution in [0.25, 0.3) is 0 Å². The summed E-state index contributed by atoms with van der Waals surface area (Å²) in [5.41, 5.74) is 2.42. The highest BCUT2D eigenvalue weighted by Crippen LogP contribution is 2.44. The number of cyclic esters (lactones) is 1. The van der Waals surface area contributed by atoms with Gasteiger partial charge in [0.2, 0.25) is 0 Å². The van der Waals surface area contributed by atoms with Crippen molar-refractivity contribution < 1.29 is 14.3 Å². The predicted octanol–water partition coefficient (Wildman–Crippen LogP) is 7.24. The van der Waals surface area contributed by atoms with Gasteiger partial charge in [-0.25, -0.2) is 0 Å². The summed E-state index contributed by atoms with van der Waals surface area (Å²) >= 11 is 1.39. The van der Waals surface area contributed by atoms with Crippen molar-refractivity contribution in [3.63, 3.8) is 0 Å². The summed E-state index contributed by atoms with van der Waals surface area (Å²) in [6.07, 6.45) is 7.66. The number of thioether (sulfide) groups is 1. The molecule has 2 fully saturated rings. The molecule has 1 aliphatic heterocycles. The average Bonchev–Trinajstić information content (AvgIpc) is 2.91. The average molecular weight is 485 g/mol. The summed E-state index contributed by atoms with van der Waals surface area (Å²) in [5, 5.41) is -0.812. The molecule has 2 atom stereocenters. The van der Waals surface area contributed by atoms with Gasteiger partial charge in [0, 0.05) is 4.90 Å². The van der Waals surface area contributed by atoms with Crippen molar-refractivity contribution in [2.24, 2.45) is 0 Å². The number of aryl methyl sites for hydroxylation is 1. The third-order valence-electron chi connectivity index (χ3n) is 7.43. The molecule has 0 bridgehead atoms. The van der Waals surface area contributed by atoms with Gasteiger partial charge in [-0.1, -0.05) is 98.1 Å². The smallest absolute Gasteiger partial charge is 0.327 e. The van der Waals surface area contributed by atoms with E-state index < -0.39 is 16.8 Å². The Labute approximate surface area is 212 Å². The zero-order valence-electron chi connectivity index (χ0n) is 20.0. The monoisotopic (exact) mass is 484 g/mol. The first kappa shape index (κ1) is 23.9. The summed E-state index contributed by atoms with van der Waals surface area (Å²) in [4.78, 5) is 28.1. The summed E-state index contributed by atoms with van der Waals surface area (Å²) in [7, 11) is 0. The molecule has 3 aromatic carbocycles. The van der Waals surface area contributed by atoms with Crippen molar-refractivity contribution in [3.05, 3.63) is 102 Å². The van der Waals surface area contributed by atoms with Crippen molar-refractivity contribution in [2.45, 2.75) is 73.0 Å². The van der Waals surface area contributed by atoms with Crippen LogP contribution in [0, 0.1) is 0 Å². The molecule has 3 aromatic rings. The van der Waals surface area contributed by atoms with Gasteiger partial charge in [-0.3, -0.25) is 9.59 Å². The Kier molecular flexibility index (Phi) is 7.38. The standard InChI is InChI=1S/C31H32O3S/c32-27-22-31(25-16-8-3-9-17-25,21-20-23-12-4-1-5-13-23)34-30(33)29(27)35-28-19-11-10-18-26(28)24-14-6-2-7-15-24/h1,3-5,8-13,16-19,24,29H,2,6-7,14-15,20-22H2. The lowest BCUT2D eigenvalue weighted by atomic mass is 9.81. The molecule has 0 amide bonds. The summed E-state index contributed by atoms with van der Waals surface area (Å²) < 4.78 is 6.24. The Balaban J connectivity index is 1.38. The highest BCUT2D eigenvalue weighted by molar-refractivity contribution is 8.01. The van der Waals surface area contributed by atoms with Gasteiger partial charge in [0.1, 0.15) is 5.60 Å². The topological polar surface area (TPSA) is 43.4 Å². The fourth-order valence-electron chi connectivity index (χ4n) is 5.54. The van der Waals surface area contributed by atoms with Crippen LogP contribution in [-0.4, -0.2) is 17.0 Å². The second kappa shape index (κ2) is 10.8. The minimum Gasteiger partial charge on any atom is -0.453 e. The van der Waals surface area contributed by atoms with Gasteiger partial charge in [0.05, 0.1) is 6.42 Å². The van der Waals surface area contributed by atoms with E-state index >= 15 is 0 Å². The van der Waals surface area contributed by atoms with E-state index in [1.54, 1.807) is 0 Å². The van der Waals surface area contributed by atoms with Crippen LogP contribution in [0.1, 0.15) is 67.6 Å². The summed E-state index contributed by atoms with van der Waals surface area (Å²) in [6.45, 7) is 0. The largest absolute Gasteiger partial charge is 0.453 e. The van der Waals surface area contributed by atoms with Crippen LogP contribution in [-0.2, 0) is 26.3 Å². The van der Waals surface area contributed by atoms with E-state index in [0.29, 0.717) is 12.3 Å². The molecule has 35 heavy (non-hydrogen) atoms. The van der Waals surface area contributed by atoms with E-state index in [1.807, 2.05) is 54.6 Å². The van der Waals surface area contributed by atoms with Crippen molar-refractivity contribution in [2.75, 3.05) is 0 Å². The maximum absolute atomic E-state index is 13.6. The molecule has 2 unspecified atom stereocenters. The predicted molar refractivity (Wildman–Crippen MR) is 141 cm³/mol. The molecule has 1 aliphatic carbocycles. The number of rotatable bonds is 7. The summed E-state index contributed by atoms with van der Waals surface area (Å²) in [5.74, 6) is 0.0552. The first-order chi connectivity index (χ1) is 17.1. The zero-order chi connectivity index (χ0) is 24.1. The van der Waals surface area contributed by atoms with Crippen molar-refractivity contribution in [1.82, 2.24) is 0 Å². The highest BCUT2D eigenvalue weighted by Gasteiger charge is 2.48. The van der Waals surface area contributed by atoms with Crippen LogP contribution in [0.4, 0.5) is 0 Å². The minimum atomic E-state index is -0.925. The molecule has 3 nitrogen and oxygen atoms in total. The normalized spacial score (nSPS) is 23.1. The lowest BCUT2D eigenvalue weighted by molar-refractivity contribution is -0.171. The summed E-state index contributed by atoms with van der Waals surface area (Å²) in [6, 6.07) is 28.2.